The summed E-state index contributed by atoms with van der Waals surface area (Å²) in [6.45, 7) is 7.14. The Hall–Kier alpha value is -1.69. The highest BCUT2D eigenvalue weighted by atomic mass is 32.1. The average Bonchev–Trinajstić information content (AvgIpc) is 2.76. The zero-order valence-electron chi connectivity index (χ0n) is 11.3. The normalized spacial score (nSPS) is 10.7. The lowest BCUT2D eigenvalue weighted by atomic mass is 10.3. The second kappa shape index (κ2) is 5.97. The van der Waals surface area contributed by atoms with Crippen LogP contribution < -0.4 is 4.90 Å². The number of aryl methyl sites for hydroxylation is 1. The van der Waals surface area contributed by atoms with Crippen LogP contribution in [0.1, 0.15) is 18.7 Å². The highest BCUT2D eigenvalue weighted by Crippen LogP contribution is 2.29. The molecule has 0 spiro atoms. The predicted octanol–water partition coefficient (Wildman–Crippen LogP) is 2.39. The molecule has 2 rings (SSSR count). The summed E-state index contributed by atoms with van der Waals surface area (Å²) in [6, 6.07) is 2.06. The molecule has 0 bridgehead atoms. The number of aromatic nitrogens is 2. The van der Waals surface area contributed by atoms with E-state index >= 15 is 0 Å². The molecule has 0 saturated carbocycles. The number of fused-ring (bicyclic) bond motifs is 1. The number of hydrogen-bond donors (Lipinski definition) is 0. The lowest BCUT2D eigenvalue weighted by Crippen LogP contribution is -2.31. The number of carbonyl (C=O) groups excluding carboxylic acids is 1. The monoisotopic (exact) mass is 279 g/mol. The van der Waals surface area contributed by atoms with Crippen molar-refractivity contribution in [3.05, 3.63) is 17.3 Å². The van der Waals surface area contributed by atoms with E-state index in [1.54, 1.807) is 24.6 Å². The SMILES string of the molecule is CCOC(=O)CN(CC)c1ncnc2sc(C)cc12. The van der Waals surface area contributed by atoms with Gasteiger partial charge in [0.05, 0.1) is 12.0 Å². The number of rotatable bonds is 5. The number of nitrogens with zero attached hydrogens (tertiary/aromatic N) is 3. The van der Waals surface area contributed by atoms with Crippen LogP contribution in [0.5, 0.6) is 0 Å². The molecule has 19 heavy (non-hydrogen) atoms. The van der Waals surface area contributed by atoms with Crippen molar-refractivity contribution >= 4 is 33.3 Å². The summed E-state index contributed by atoms with van der Waals surface area (Å²) in [5.41, 5.74) is 0. The molecule has 0 amide bonds. The van der Waals surface area contributed by atoms with Gasteiger partial charge in [-0.3, -0.25) is 4.79 Å². The summed E-state index contributed by atoms with van der Waals surface area (Å²) < 4.78 is 4.99. The maximum Gasteiger partial charge on any atom is 0.325 e. The van der Waals surface area contributed by atoms with Gasteiger partial charge in [0.1, 0.15) is 23.5 Å². The Morgan fingerprint density at radius 1 is 1.42 bits per heavy atom. The Morgan fingerprint density at radius 2 is 2.21 bits per heavy atom. The van der Waals surface area contributed by atoms with Gasteiger partial charge in [0, 0.05) is 11.4 Å². The van der Waals surface area contributed by atoms with Gasteiger partial charge in [-0.2, -0.15) is 0 Å². The number of likely N-dealkylation sites (N-methyl/N-ethyl adjacent to an activating group) is 1. The molecular weight excluding hydrogens is 262 g/mol. The molecule has 102 valence electrons. The molecular formula is C13H17N3O2S. The summed E-state index contributed by atoms with van der Waals surface area (Å²) >= 11 is 1.63. The van der Waals surface area contributed by atoms with Crippen molar-refractivity contribution in [3.8, 4) is 0 Å². The topological polar surface area (TPSA) is 55.3 Å². The smallest absolute Gasteiger partial charge is 0.325 e. The van der Waals surface area contributed by atoms with E-state index < -0.39 is 0 Å². The minimum atomic E-state index is -0.233. The maximum absolute atomic E-state index is 11.6. The van der Waals surface area contributed by atoms with Crippen molar-refractivity contribution in [2.24, 2.45) is 0 Å². The minimum Gasteiger partial charge on any atom is -0.465 e. The molecule has 0 aliphatic rings. The van der Waals surface area contributed by atoms with Crippen molar-refractivity contribution < 1.29 is 9.53 Å². The van der Waals surface area contributed by atoms with E-state index in [0.29, 0.717) is 13.2 Å². The summed E-state index contributed by atoms with van der Waals surface area (Å²) in [5.74, 6) is 0.563. The molecule has 6 heteroatoms. The average molecular weight is 279 g/mol. The molecule has 0 aliphatic heterocycles. The van der Waals surface area contributed by atoms with E-state index in [-0.39, 0.29) is 12.5 Å². The van der Waals surface area contributed by atoms with E-state index in [0.717, 1.165) is 16.0 Å². The summed E-state index contributed by atoms with van der Waals surface area (Å²) in [7, 11) is 0. The molecule has 0 saturated heterocycles. The lowest BCUT2D eigenvalue weighted by molar-refractivity contribution is -0.141. The number of carbonyl (C=O) groups is 1. The Kier molecular flexibility index (Phi) is 4.31. The molecule has 0 N–H and O–H groups in total. The van der Waals surface area contributed by atoms with E-state index in [9.17, 15) is 4.79 Å². The molecule has 0 radical (unpaired) electrons. The third kappa shape index (κ3) is 3.01. The van der Waals surface area contributed by atoms with Crippen LogP contribution in [0.4, 0.5) is 5.82 Å². The molecule has 2 heterocycles. The van der Waals surface area contributed by atoms with Crippen LogP contribution in [0.2, 0.25) is 0 Å². The van der Waals surface area contributed by atoms with Crippen molar-refractivity contribution in [2.45, 2.75) is 20.8 Å². The number of anilines is 1. The van der Waals surface area contributed by atoms with Crippen LogP contribution in [-0.4, -0.2) is 35.6 Å². The van der Waals surface area contributed by atoms with Gasteiger partial charge in [0.15, 0.2) is 0 Å². The van der Waals surface area contributed by atoms with Crippen LogP contribution in [0.25, 0.3) is 10.2 Å². The lowest BCUT2D eigenvalue weighted by Gasteiger charge is -2.21. The molecule has 0 aliphatic carbocycles. The molecule has 0 unspecified atom stereocenters. The fraction of sp³-hybridized carbons (Fsp3) is 0.462. The Balaban J connectivity index is 2.32. The zero-order valence-corrected chi connectivity index (χ0v) is 12.2. The van der Waals surface area contributed by atoms with E-state index in [4.69, 9.17) is 4.74 Å². The molecule has 0 fully saturated rings. The van der Waals surface area contributed by atoms with Crippen LogP contribution in [0, 0.1) is 6.92 Å². The first kappa shape index (κ1) is 13.7. The van der Waals surface area contributed by atoms with Crippen LogP contribution in [-0.2, 0) is 9.53 Å². The van der Waals surface area contributed by atoms with Crippen molar-refractivity contribution in [3.63, 3.8) is 0 Å². The third-order valence-corrected chi connectivity index (χ3v) is 3.70. The first-order valence-corrected chi connectivity index (χ1v) is 7.09. The van der Waals surface area contributed by atoms with Gasteiger partial charge in [-0.15, -0.1) is 11.3 Å². The predicted molar refractivity (Wildman–Crippen MR) is 76.7 cm³/mol. The standard InChI is InChI=1S/C13H17N3O2S/c1-4-16(7-11(17)18-5-2)12-10-6-9(3)19-13(10)15-8-14-12/h6,8H,4-5,7H2,1-3H3. The van der Waals surface area contributed by atoms with Crippen molar-refractivity contribution in [1.82, 2.24) is 9.97 Å². The van der Waals surface area contributed by atoms with E-state index in [1.807, 2.05) is 18.7 Å². The molecule has 2 aromatic heterocycles. The fourth-order valence-electron chi connectivity index (χ4n) is 1.91. The van der Waals surface area contributed by atoms with Crippen LogP contribution >= 0.6 is 11.3 Å². The first-order valence-electron chi connectivity index (χ1n) is 6.27. The number of hydrogen-bond acceptors (Lipinski definition) is 6. The number of esters is 1. The van der Waals surface area contributed by atoms with Gasteiger partial charge in [-0.1, -0.05) is 0 Å². The summed E-state index contributed by atoms with van der Waals surface area (Å²) in [4.78, 5) is 24.2. The molecule has 0 aromatic carbocycles. The third-order valence-electron chi connectivity index (χ3n) is 2.74. The van der Waals surface area contributed by atoms with Gasteiger partial charge in [0.2, 0.25) is 0 Å². The highest BCUT2D eigenvalue weighted by molar-refractivity contribution is 7.18. The van der Waals surface area contributed by atoms with Gasteiger partial charge >= 0.3 is 5.97 Å². The maximum atomic E-state index is 11.6. The Labute approximate surface area is 116 Å². The number of thiophene rings is 1. The summed E-state index contributed by atoms with van der Waals surface area (Å²) in [5, 5.41) is 0.996. The highest BCUT2D eigenvalue weighted by Gasteiger charge is 2.16. The summed E-state index contributed by atoms with van der Waals surface area (Å²) in [6.07, 6.45) is 1.54. The van der Waals surface area contributed by atoms with Crippen LogP contribution in [0.15, 0.2) is 12.4 Å². The van der Waals surface area contributed by atoms with Gasteiger partial charge in [0.25, 0.3) is 0 Å². The Morgan fingerprint density at radius 3 is 2.89 bits per heavy atom. The zero-order chi connectivity index (χ0) is 13.8. The Bertz CT molecular complexity index is 582. The second-order valence-electron chi connectivity index (χ2n) is 4.09. The molecule has 5 nitrogen and oxygen atoms in total. The van der Waals surface area contributed by atoms with Crippen LogP contribution in [0.3, 0.4) is 0 Å². The first-order chi connectivity index (χ1) is 9.15. The second-order valence-corrected chi connectivity index (χ2v) is 5.33. The molecule has 0 atom stereocenters. The fourth-order valence-corrected chi connectivity index (χ4v) is 2.76. The quantitative estimate of drug-likeness (QED) is 0.787. The van der Waals surface area contributed by atoms with Gasteiger partial charge in [-0.05, 0) is 26.8 Å². The number of ether oxygens (including phenoxy) is 1. The van der Waals surface area contributed by atoms with E-state index in [2.05, 4.69) is 16.0 Å². The van der Waals surface area contributed by atoms with Gasteiger partial charge in [-0.25, -0.2) is 9.97 Å². The minimum absolute atomic E-state index is 0.214. The van der Waals surface area contributed by atoms with E-state index in [1.165, 1.54) is 4.88 Å². The van der Waals surface area contributed by atoms with Crippen molar-refractivity contribution in [2.75, 3.05) is 24.6 Å². The van der Waals surface area contributed by atoms with Crippen molar-refractivity contribution in [1.29, 1.82) is 0 Å². The van der Waals surface area contributed by atoms with Gasteiger partial charge < -0.3 is 9.64 Å². The largest absolute Gasteiger partial charge is 0.465 e. The molecule has 2 aromatic rings.